The lowest BCUT2D eigenvalue weighted by Crippen LogP contribution is -2.67. The monoisotopic (exact) mass is 381 g/mol. The first-order chi connectivity index (χ1) is 12.8. The lowest BCUT2D eigenvalue weighted by molar-refractivity contribution is -0.123. The van der Waals surface area contributed by atoms with E-state index in [4.69, 9.17) is 10.2 Å². The predicted molar refractivity (Wildman–Crippen MR) is 114 cm³/mol. The van der Waals surface area contributed by atoms with Gasteiger partial charge in [0.25, 0.3) is 8.32 Å². The maximum Gasteiger partial charge on any atom is 0.261 e. The third kappa shape index (κ3) is 4.02. The van der Waals surface area contributed by atoms with Crippen molar-refractivity contribution in [2.45, 2.75) is 57.6 Å². The molecule has 1 aliphatic carbocycles. The van der Waals surface area contributed by atoms with Crippen LogP contribution in [-0.4, -0.2) is 20.3 Å². The molecule has 2 aromatic rings. The Hall–Kier alpha value is -1.91. The van der Waals surface area contributed by atoms with Crippen LogP contribution in [0.3, 0.4) is 0 Å². The van der Waals surface area contributed by atoms with Crippen molar-refractivity contribution in [1.29, 1.82) is 0 Å². The Balaban J connectivity index is 2.01. The predicted octanol–water partition coefficient (Wildman–Crippen LogP) is 3.61. The smallest absolute Gasteiger partial charge is 0.261 e. The van der Waals surface area contributed by atoms with E-state index in [2.05, 4.69) is 81.4 Å². The first kappa shape index (κ1) is 19.8. The average Bonchev–Trinajstić information content (AvgIpc) is 2.67. The molecule has 0 aromatic heterocycles. The molecule has 3 rings (SSSR count). The van der Waals surface area contributed by atoms with Gasteiger partial charge in [-0.3, -0.25) is 4.79 Å². The maximum atomic E-state index is 11.5. The van der Waals surface area contributed by atoms with E-state index < -0.39 is 8.32 Å². The number of amides is 1. The Morgan fingerprint density at radius 3 is 1.70 bits per heavy atom. The van der Waals surface area contributed by atoms with E-state index in [-0.39, 0.29) is 23.0 Å². The normalized spacial score (nSPS) is 21.0. The van der Waals surface area contributed by atoms with Gasteiger partial charge in [-0.1, -0.05) is 81.4 Å². The summed E-state index contributed by atoms with van der Waals surface area (Å²) in [4.78, 5) is 11.5. The fourth-order valence-corrected chi connectivity index (χ4v) is 9.16. The zero-order valence-electron chi connectivity index (χ0n) is 16.7. The number of carbonyl (C=O) groups excluding carboxylic acids is 1. The van der Waals surface area contributed by atoms with Crippen molar-refractivity contribution in [1.82, 2.24) is 0 Å². The molecule has 2 N–H and O–H groups in total. The van der Waals surface area contributed by atoms with Gasteiger partial charge in [0.2, 0.25) is 5.91 Å². The highest BCUT2D eigenvalue weighted by Gasteiger charge is 2.51. The number of rotatable bonds is 5. The second-order valence-corrected chi connectivity index (χ2v) is 12.9. The van der Waals surface area contributed by atoms with E-state index >= 15 is 0 Å². The summed E-state index contributed by atoms with van der Waals surface area (Å²) in [5.74, 6) is -0.164. The number of primary amides is 1. The van der Waals surface area contributed by atoms with Crippen LogP contribution in [0.4, 0.5) is 0 Å². The molecule has 0 unspecified atom stereocenters. The van der Waals surface area contributed by atoms with Crippen LogP contribution in [0.15, 0.2) is 60.7 Å². The fourth-order valence-electron chi connectivity index (χ4n) is 4.41. The van der Waals surface area contributed by atoms with Gasteiger partial charge in [0.15, 0.2) is 0 Å². The highest BCUT2D eigenvalue weighted by Crippen LogP contribution is 2.39. The van der Waals surface area contributed by atoms with Crippen molar-refractivity contribution in [2.75, 3.05) is 0 Å². The molecule has 0 radical (unpaired) electrons. The largest absolute Gasteiger partial charge is 0.404 e. The van der Waals surface area contributed by atoms with Gasteiger partial charge in [-0.25, -0.2) is 0 Å². The Morgan fingerprint density at radius 1 is 0.889 bits per heavy atom. The van der Waals surface area contributed by atoms with Gasteiger partial charge in [-0.15, -0.1) is 0 Å². The molecule has 1 saturated carbocycles. The van der Waals surface area contributed by atoms with Crippen molar-refractivity contribution in [3.05, 3.63) is 60.7 Å². The van der Waals surface area contributed by atoms with Crippen LogP contribution in [0.5, 0.6) is 0 Å². The molecule has 1 amide bonds. The SMILES string of the molecule is CC(C)(C)[Si](OC1CCC(C(N)=O)CC1)(c1ccccc1)c1ccccc1. The third-order valence-corrected chi connectivity index (χ3v) is 10.9. The van der Waals surface area contributed by atoms with E-state index in [0.29, 0.717) is 0 Å². The van der Waals surface area contributed by atoms with Crippen molar-refractivity contribution in [2.24, 2.45) is 11.7 Å². The number of benzene rings is 2. The molecule has 0 bridgehead atoms. The molecule has 4 heteroatoms. The standard InChI is InChI=1S/C23H31NO2Si/c1-23(2,3)27(20-10-6-4-7-11-20,21-12-8-5-9-13-21)26-19-16-14-18(15-17-19)22(24)25/h4-13,18-19H,14-17H2,1-3H3,(H2,24,25). The molecular weight excluding hydrogens is 350 g/mol. The van der Waals surface area contributed by atoms with E-state index in [9.17, 15) is 4.79 Å². The molecule has 0 saturated heterocycles. The van der Waals surface area contributed by atoms with E-state index in [0.717, 1.165) is 25.7 Å². The van der Waals surface area contributed by atoms with Crippen molar-refractivity contribution < 1.29 is 9.22 Å². The van der Waals surface area contributed by atoms with Crippen molar-refractivity contribution >= 4 is 24.6 Å². The number of hydrogen-bond donors (Lipinski definition) is 1. The summed E-state index contributed by atoms with van der Waals surface area (Å²) in [7, 11) is -2.50. The zero-order chi connectivity index (χ0) is 19.5. The van der Waals surface area contributed by atoms with Crippen molar-refractivity contribution in [3.63, 3.8) is 0 Å². The summed E-state index contributed by atoms with van der Waals surface area (Å²) in [6, 6.07) is 21.5. The summed E-state index contributed by atoms with van der Waals surface area (Å²) in [6.07, 6.45) is 3.64. The molecule has 0 spiro atoms. The molecule has 144 valence electrons. The Labute approximate surface area is 164 Å². The molecule has 0 aliphatic heterocycles. The Bertz CT molecular complexity index is 707. The minimum atomic E-state index is -2.50. The van der Waals surface area contributed by atoms with Gasteiger partial charge in [0.1, 0.15) is 0 Å². The van der Waals surface area contributed by atoms with Crippen molar-refractivity contribution in [3.8, 4) is 0 Å². The minimum absolute atomic E-state index is 0.00371. The van der Waals surface area contributed by atoms with Gasteiger partial charge in [-0.05, 0) is 41.1 Å². The Morgan fingerprint density at radius 2 is 1.33 bits per heavy atom. The first-order valence-corrected chi connectivity index (χ1v) is 11.8. The first-order valence-electron chi connectivity index (χ1n) is 9.93. The van der Waals surface area contributed by atoms with Crippen LogP contribution in [0.25, 0.3) is 0 Å². The molecule has 1 fully saturated rings. The van der Waals surface area contributed by atoms with E-state index in [1.165, 1.54) is 10.4 Å². The summed E-state index contributed by atoms with van der Waals surface area (Å²) in [6.45, 7) is 6.90. The third-order valence-electron chi connectivity index (χ3n) is 5.84. The zero-order valence-corrected chi connectivity index (χ0v) is 17.7. The highest BCUT2D eigenvalue weighted by atomic mass is 28.4. The van der Waals surface area contributed by atoms with E-state index in [1.807, 2.05) is 0 Å². The van der Waals surface area contributed by atoms with Crippen LogP contribution in [0.1, 0.15) is 46.5 Å². The number of carbonyl (C=O) groups is 1. The van der Waals surface area contributed by atoms with Crippen LogP contribution in [-0.2, 0) is 9.22 Å². The Kier molecular flexibility index (Phi) is 5.87. The van der Waals surface area contributed by atoms with Gasteiger partial charge in [0.05, 0.1) is 0 Å². The van der Waals surface area contributed by atoms with Crippen LogP contribution in [0, 0.1) is 5.92 Å². The minimum Gasteiger partial charge on any atom is -0.404 e. The quantitative estimate of drug-likeness (QED) is 0.805. The average molecular weight is 382 g/mol. The van der Waals surface area contributed by atoms with Gasteiger partial charge in [-0.2, -0.15) is 0 Å². The summed E-state index contributed by atoms with van der Waals surface area (Å²) >= 11 is 0. The molecule has 0 atom stereocenters. The summed E-state index contributed by atoms with van der Waals surface area (Å²) in [5, 5.41) is 2.59. The topological polar surface area (TPSA) is 52.3 Å². The maximum absolute atomic E-state index is 11.5. The molecule has 0 heterocycles. The summed E-state index contributed by atoms with van der Waals surface area (Å²) < 4.78 is 7.13. The second kappa shape index (κ2) is 7.99. The molecule has 1 aliphatic rings. The number of hydrogen-bond acceptors (Lipinski definition) is 2. The van der Waals surface area contributed by atoms with Gasteiger partial charge >= 0.3 is 0 Å². The molecule has 3 nitrogen and oxygen atoms in total. The second-order valence-electron chi connectivity index (χ2n) is 8.66. The van der Waals surface area contributed by atoms with Crippen LogP contribution >= 0.6 is 0 Å². The number of nitrogens with two attached hydrogens (primary N) is 1. The lowest BCUT2D eigenvalue weighted by atomic mass is 9.87. The summed E-state index contributed by atoms with van der Waals surface area (Å²) in [5.41, 5.74) is 5.52. The molecular formula is C23H31NO2Si. The van der Waals surface area contributed by atoms with E-state index in [1.54, 1.807) is 0 Å². The van der Waals surface area contributed by atoms with Crippen LogP contribution < -0.4 is 16.1 Å². The lowest BCUT2D eigenvalue weighted by Gasteiger charge is -2.46. The molecule has 27 heavy (non-hydrogen) atoms. The highest BCUT2D eigenvalue weighted by molar-refractivity contribution is 6.99. The fraction of sp³-hybridized carbons (Fsp3) is 0.435. The van der Waals surface area contributed by atoms with Gasteiger partial charge in [0, 0.05) is 12.0 Å². The van der Waals surface area contributed by atoms with Gasteiger partial charge < -0.3 is 10.2 Å². The van der Waals surface area contributed by atoms with Crippen LogP contribution in [0.2, 0.25) is 5.04 Å². The molecule has 2 aromatic carbocycles.